The lowest BCUT2D eigenvalue weighted by molar-refractivity contribution is 0.461. The zero-order valence-electron chi connectivity index (χ0n) is 15.2. The van der Waals surface area contributed by atoms with Crippen LogP contribution < -0.4 is 5.32 Å². The molecule has 0 saturated heterocycles. The average Bonchev–Trinajstić information content (AvgIpc) is 3.26. The molecule has 0 aliphatic heterocycles. The molecule has 0 aliphatic rings. The number of nitrogens with zero attached hydrogens (tertiary/aromatic N) is 5. The zero-order chi connectivity index (χ0) is 18.5. The van der Waals surface area contributed by atoms with E-state index in [2.05, 4.69) is 30.9 Å². The van der Waals surface area contributed by atoms with Crippen molar-refractivity contribution in [2.75, 3.05) is 14.1 Å². The van der Waals surface area contributed by atoms with Crippen LogP contribution in [0.15, 0.2) is 60.0 Å². The molecule has 0 saturated carbocycles. The first-order valence-electron chi connectivity index (χ1n) is 8.38. The third kappa shape index (κ3) is 4.26. The number of guanidine groups is 1. The number of aryl methyl sites for hydroxylation is 1. The Bertz CT molecular complexity index is 878. The summed E-state index contributed by atoms with van der Waals surface area (Å²) in [5, 5.41) is 8.51. The van der Waals surface area contributed by atoms with Crippen LogP contribution in [0.4, 0.5) is 0 Å². The predicted molar refractivity (Wildman–Crippen MR) is 106 cm³/mol. The van der Waals surface area contributed by atoms with Gasteiger partial charge in [-0.15, -0.1) is 0 Å². The maximum absolute atomic E-state index is 5.94. The lowest BCUT2D eigenvalue weighted by Crippen LogP contribution is -2.38. The summed E-state index contributed by atoms with van der Waals surface area (Å²) < 4.78 is 3.95. The second kappa shape index (κ2) is 8.10. The highest BCUT2D eigenvalue weighted by Crippen LogP contribution is 2.13. The minimum Gasteiger partial charge on any atom is -0.353 e. The van der Waals surface area contributed by atoms with Crippen molar-refractivity contribution in [3.8, 4) is 5.69 Å². The van der Waals surface area contributed by atoms with Crippen molar-refractivity contribution < 1.29 is 0 Å². The van der Waals surface area contributed by atoms with E-state index in [0.29, 0.717) is 11.6 Å². The topological polar surface area (TPSA) is 50.4 Å². The summed E-state index contributed by atoms with van der Waals surface area (Å²) in [6, 6.07) is 11.8. The fourth-order valence-electron chi connectivity index (χ4n) is 2.73. The van der Waals surface area contributed by atoms with Gasteiger partial charge in [-0.1, -0.05) is 11.6 Å². The summed E-state index contributed by atoms with van der Waals surface area (Å²) in [6.07, 6.45) is 5.90. The Labute approximate surface area is 158 Å². The van der Waals surface area contributed by atoms with Gasteiger partial charge in [-0.3, -0.25) is 4.99 Å². The highest BCUT2D eigenvalue weighted by atomic mass is 35.5. The van der Waals surface area contributed by atoms with Gasteiger partial charge in [0.1, 0.15) is 0 Å². The predicted octanol–water partition coefficient (Wildman–Crippen LogP) is 3.07. The van der Waals surface area contributed by atoms with Gasteiger partial charge in [0.15, 0.2) is 5.96 Å². The molecule has 2 aromatic heterocycles. The van der Waals surface area contributed by atoms with Crippen LogP contribution in [-0.4, -0.2) is 39.3 Å². The van der Waals surface area contributed by atoms with Crippen LogP contribution in [0.25, 0.3) is 5.69 Å². The summed E-state index contributed by atoms with van der Waals surface area (Å²) in [7, 11) is 5.87. The van der Waals surface area contributed by atoms with E-state index < -0.39 is 0 Å². The molecule has 3 rings (SSSR count). The van der Waals surface area contributed by atoms with Gasteiger partial charge in [0, 0.05) is 56.4 Å². The highest BCUT2D eigenvalue weighted by molar-refractivity contribution is 6.30. The van der Waals surface area contributed by atoms with Crippen molar-refractivity contribution in [2.24, 2.45) is 12.0 Å². The number of hydrogen-bond acceptors (Lipinski definition) is 2. The molecule has 7 heteroatoms. The molecule has 6 nitrogen and oxygen atoms in total. The first-order valence-corrected chi connectivity index (χ1v) is 8.76. The summed E-state index contributed by atoms with van der Waals surface area (Å²) in [4.78, 5) is 6.46. The van der Waals surface area contributed by atoms with Crippen LogP contribution in [0.5, 0.6) is 0 Å². The van der Waals surface area contributed by atoms with Crippen LogP contribution in [-0.2, 0) is 20.1 Å². The fraction of sp³-hybridized carbons (Fsp3) is 0.263. The van der Waals surface area contributed by atoms with E-state index in [0.717, 1.165) is 23.8 Å². The summed E-state index contributed by atoms with van der Waals surface area (Å²) in [6.45, 7) is 1.44. The quantitative estimate of drug-likeness (QED) is 0.554. The van der Waals surface area contributed by atoms with E-state index in [1.165, 1.54) is 5.69 Å². The van der Waals surface area contributed by atoms with Gasteiger partial charge in [-0.2, -0.15) is 5.10 Å². The molecule has 26 heavy (non-hydrogen) atoms. The number of rotatable bonds is 5. The Balaban J connectivity index is 1.60. The molecule has 0 radical (unpaired) electrons. The van der Waals surface area contributed by atoms with Crippen molar-refractivity contribution in [3.63, 3.8) is 0 Å². The monoisotopic (exact) mass is 370 g/mol. The molecule has 0 atom stereocenters. The molecule has 0 amide bonds. The Morgan fingerprint density at radius 2 is 2.04 bits per heavy atom. The first-order chi connectivity index (χ1) is 12.6. The Morgan fingerprint density at radius 1 is 1.27 bits per heavy atom. The minimum atomic E-state index is 0.651. The zero-order valence-corrected chi connectivity index (χ0v) is 16.0. The van der Waals surface area contributed by atoms with Crippen LogP contribution in [0.3, 0.4) is 0 Å². The molecule has 2 heterocycles. The standard InChI is InChI=1S/C19H23ClN6/c1-21-19(25(3)14-18-5-4-10-24(18)2)22-11-15-12-23-26(13-15)17-8-6-16(20)7-9-17/h4-10,12-13H,11,14H2,1-3H3,(H,21,22). The Morgan fingerprint density at radius 3 is 2.69 bits per heavy atom. The number of hydrogen-bond donors (Lipinski definition) is 1. The van der Waals surface area contributed by atoms with Crippen LogP contribution in [0, 0.1) is 0 Å². The number of aliphatic imine (C=N–C) groups is 1. The van der Waals surface area contributed by atoms with Crippen molar-refractivity contribution in [1.29, 1.82) is 0 Å². The molecule has 0 aliphatic carbocycles. The molecule has 1 N–H and O–H groups in total. The van der Waals surface area contributed by atoms with Gasteiger partial charge >= 0.3 is 0 Å². The third-order valence-corrected chi connectivity index (χ3v) is 4.45. The van der Waals surface area contributed by atoms with E-state index in [1.807, 2.05) is 67.7 Å². The van der Waals surface area contributed by atoms with Crippen molar-refractivity contribution in [1.82, 2.24) is 24.6 Å². The summed E-state index contributed by atoms with van der Waals surface area (Å²) in [5.74, 6) is 0.838. The van der Waals surface area contributed by atoms with Gasteiger partial charge in [0.05, 0.1) is 18.4 Å². The largest absolute Gasteiger partial charge is 0.353 e. The number of halogens is 1. The molecule has 3 aromatic rings. The van der Waals surface area contributed by atoms with Gasteiger partial charge in [0.25, 0.3) is 0 Å². The summed E-state index contributed by atoms with van der Waals surface area (Å²) in [5.41, 5.74) is 3.28. The van der Waals surface area contributed by atoms with E-state index in [1.54, 1.807) is 7.05 Å². The number of benzene rings is 1. The van der Waals surface area contributed by atoms with Gasteiger partial charge in [-0.05, 0) is 36.4 Å². The molecule has 0 fully saturated rings. The number of aromatic nitrogens is 3. The molecule has 136 valence electrons. The van der Waals surface area contributed by atoms with Gasteiger partial charge in [0.2, 0.25) is 0 Å². The number of nitrogens with one attached hydrogen (secondary N) is 1. The lowest BCUT2D eigenvalue weighted by atomic mass is 10.3. The Hall–Kier alpha value is -2.73. The SMILES string of the molecule is CN=C(NCc1cnn(-c2ccc(Cl)cc2)c1)N(C)Cc1cccn1C. The normalized spacial score (nSPS) is 11.6. The Kier molecular flexibility index (Phi) is 5.63. The van der Waals surface area contributed by atoms with Gasteiger partial charge in [-0.25, -0.2) is 4.68 Å². The molecule has 0 bridgehead atoms. The van der Waals surface area contributed by atoms with E-state index >= 15 is 0 Å². The van der Waals surface area contributed by atoms with E-state index in [-0.39, 0.29) is 0 Å². The molecule has 1 aromatic carbocycles. The molecular formula is C19H23ClN6. The second-order valence-electron chi connectivity index (χ2n) is 6.14. The average molecular weight is 371 g/mol. The highest BCUT2D eigenvalue weighted by Gasteiger charge is 2.09. The van der Waals surface area contributed by atoms with Crippen molar-refractivity contribution in [2.45, 2.75) is 13.1 Å². The smallest absolute Gasteiger partial charge is 0.194 e. The van der Waals surface area contributed by atoms with E-state index in [4.69, 9.17) is 11.6 Å². The third-order valence-electron chi connectivity index (χ3n) is 4.20. The van der Waals surface area contributed by atoms with E-state index in [9.17, 15) is 0 Å². The van der Waals surface area contributed by atoms with Crippen LogP contribution >= 0.6 is 11.6 Å². The second-order valence-corrected chi connectivity index (χ2v) is 6.57. The molecule has 0 spiro atoms. The van der Waals surface area contributed by atoms with Gasteiger partial charge < -0.3 is 14.8 Å². The maximum Gasteiger partial charge on any atom is 0.194 e. The van der Waals surface area contributed by atoms with Crippen LogP contribution in [0.2, 0.25) is 5.02 Å². The summed E-state index contributed by atoms with van der Waals surface area (Å²) >= 11 is 5.94. The van der Waals surface area contributed by atoms with Crippen molar-refractivity contribution in [3.05, 3.63) is 71.3 Å². The minimum absolute atomic E-state index is 0.651. The fourth-order valence-corrected chi connectivity index (χ4v) is 2.86. The first kappa shape index (κ1) is 18.1. The van der Waals surface area contributed by atoms with Crippen LogP contribution in [0.1, 0.15) is 11.3 Å². The lowest BCUT2D eigenvalue weighted by Gasteiger charge is -2.22. The maximum atomic E-state index is 5.94. The molecular weight excluding hydrogens is 348 g/mol. The molecule has 0 unspecified atom stereocenters. The van der Waals surface area contributed by atoms with Crippen molar-refractivity contribution >= 4 is 17.6 Å².